The van der Waals surface area contributed by atoms with Gasteiger partial charge in [-0.15, -0.1) is 0 Å². The van der Waals surface area contributed by atoms with Gasteiger partial charge in [-0.05, 0) is 37.1 Å². The van der Waals surface area contributed by atoms with Crippen molar-refractivity contribution in [1.29, 1.82) is 0 Å². The van der Waals surface area contributed by atoms with Crippen molar-refractivity contribution in [3.8, 4) is 5.75 Å². The molecule has 1 aromatic carbocycles. The van der Waals surface area contributed by atoms with Crippen LogP contribution >= 0.6 is 0 Å². The van der Waals surface area contributed by atoms with Crippen LogP contribution in [-0.4, -0.2) is 56.8 Å². The van der Waals surface area contributed by atoms with E-state index in [0.29, 0.717) is 12.3 Å². The molecule has 0 saturated carbocycles. The van der Waals surface area contributed by atoms with Crippen LogP contribution < -0.4 is 10.1 Å². The number of anilines is 1. The van der Waals surface area contributed by atoms with Gasteiger partial charge in [-0.3, -0.25) is 9.69 Å². The van der Waals surface area contributed by atoms with E-state index in [1.807, 2.05) is 26.0 Å². The molecule has 126 valence electrons. The average molecular weight is 321 g/mol. The molecule has 23 heavy (non-hydrogen) atoms. The summed E-state index contributed by atoms with van der Waals surface area (Å²) in [4.78, 5) is 23.9. The van der Waals surface area contributed by atoms with Crippen molar-refractivity contribution >= 4 is 11.6 Å². The lowest BCUT2D eigenvalue weighted by Crippen LogP contribution is -2.38. The van der Waals surface area contributed by atoms with Crippen LogP contribution in [0.2, 0.25) is 0 Å². The molecule has 1 amide bonds. The van der Waals surface area contributed by atoms with Gasteiger partial charge in [-0.2, -0.15) is 4.91 Å². The summed E-state index contributed by atoms with van der Waals surface area (Å²) in [6.45, 7) is 8.36. The number of hydrogen-bond donors (Lipinski definition) is 1. The van der Waals surface area contributed by atoms with E-state index in [0.717, 1.165) is 49.7 Å². The van der Waals surface area contributed by atoms with Gasteiger partial charge in [0.1, 0.15) is 12.4 Å². The highest BCUT2D eigenvalue weighted by Gasteiger charge is 2.12. The molecule has 1 aromatic rings. The first-order chi connectivity index (χ1) is 11.1. The topological polar surface area (TPSA) is 80.2 Å². The summed E-state index contributed by atoms with van der Waals surface area (Å²) >= 11 is 0. The van der Waals surface area contributed by atoms with Gasteiger partial charge in [0, 0.05) is 25.3 Å². The average Bonchev–Trinajstić information content (AvgIpc) is 2.53. The van der Waals surface area contributed by atoms with E-state index >= 15 is 0 Å². The van der Waals surface area contributed by atoms with E-state index in [1.165, 1.54) is 0 Å². The van der Waals surface area contributed by atoms with Gasteiger partial charge >= 0.3 is 0 Å². The van der Waals surface area contributed by atoms with E-state index in [-0.39, 0.29) is 6.54 Å². The lowest BCUT2D eigenvalue weighted by atomic mass is 10.1. The van der Waals surface area contributed by atoms with Crippen LogP contribution in [0.3, 0.4) is 0 Å². The number of rotatable bonds is 7. The third kappa shape index (κ3) is 5.30. The summed E-state index contributed by atoms with van der Waals surface area (Å²) in [5.41, 5.74) is 2.50. The fourth-order valence-corrected chi connectivity index (χ4v) is 2.44. The van der Waals surface area contributed by atoms with Gasteiger partial charge in [0.2, 0.25) is 5.91 Å². The molecule has 1 aliphatic heterocycles. The molecule has 1 N–H and O–H groups in total. The van der Waals surface area contributed by atoms with Crippen LogP contribution in [0.4, 0.5) is 5.69 Å². The Labute approximate surface area is 135 Å². The lowest BCUT2D eigenvalue weighted by Gasteiger charge is -2.26. The third-order valence-corrected chi connectivity index (χ3v) is 3.77. The Balaban J connectivity index is 1.90. The monoisotopic (exact) mass is 321 g/mol. The van der Waals surface area contributed by atoms with Gasteiger partial charge in [0.25, 0.3) is 0 Å². The number of nitrogens with zero attached hydrogens (tertiary/aromatic N) is 2. The smallest absolute Gasteiger partial charge is 0.249 e. The normalized spacial score (nSPS) is 15.2. The fraction of sp³-hybridized carbons (Fsp3) is 0.562. The Morgan fingerprint density at radius 3 is 2.74 bits per heavy atom. The van der Waals surface area contributed by atoms with E-state index in [2.05, 4.69) is 15.4 Å². The number of aryl methyl sites for hydroxylation is 2. The second-order valence-corrected chi connectivity index (χ2v) is 5.57. The van der Waals surface area contributed by atoms with Gasteiger partial charge in [0.15, 0.2) is 6.54 Å². The van der Waals surface area contributed by atoms with Crippen molar-refractivity contribution in [2.24, 2.45) is 5.18 Å². The first kappa shape index (κ1) is 17.4. The second-order valence-electron chi connectivity index (χ2n) is 5.57. The van der Waals surface area contributed by atoms with E-state index in [9.17, 15) is 9.70 Å². The third-order valence-electron chi connectivity index (χ3n) is 3.77. The quantitative estimate of drug-likeness (QED) is 0.774. The molecule has 0 aromatic heterocycles. The highest BCUT2D eigenvalue weighted by Crippen LogP contribution is 2.26. The number of nitrogens with one attached hydrogen (secondary N) is 1. The number of benzene rings is 1. The summed E-state index contributed by atoms with van der Waals surface area (Å²) in [5, 5.41) is 5.26. The fourth-order valence-electron chi connectivity index (χ4n) is 2.44. The largest absolute Gasteiger partial charge is 0.492 e. The van der Waals surface area contributed by atoms with Gasteiger partial charge < -0.3 is 14.8 Å². The van der Waals surface area contributed by atoms with Gasteiger partial charge in [0.05, 0.1) is 13.2 Å². The molecule has 0 atom stereocenters. The number of ether oxygens (including phenoxy) is 2. The van der Waals surface area contributed by atoms with Gasteiger partial charge in [-0.25, -0.2) is 0 Å². The molecule has 7 nitrogen and oxygen atoms in total. The van der Waals surface area contributed by atoms with Crippen LogP contribution in [0.15, 0.2) is 17.3 Å². The maximum Gasteiger partial charge on any atom is 0.249 e. The van der Waals surface area contributed by atoms with Crippen LogP contribution in [-0.2, 0) is 9.53 Å². The van der Waals surface area contributed by atoms with Crippen LogP contribution in [0, 0.1) is 18.8 Å². The zero-order chi connectivity index (χ0) is 16.7. The Hall–Kier alpha value is -1.99. The highest BCUT2D eigenvalue weighted by molar-refractivity contribution is 5.93. The molecular weight excluding hydrogens is 298 g/mol. The summed E-state index contributed by atoms with van der Waals surface area (Å²) in [5.74, 6) is 0.394. The Kier molecular flexibility index (Phi) is 6.49. The zero-order valence-electron chi connectivity index (χ0n) is 13.6. The van der Waals surface area contributed by atoms with Crippen LogP contribution in [0.5, 0.6) is 5.75 Å². The number of amides is 1. The summed E-state index contributed by atoms with van der Waals surface area (Å²) < 4.78 is 11.2. The molecule has 1 saturated heterocycles. The first-order valence-electron chi connectivity index (χ1n) is 7.73. The molecule has 0 unspecified atom stereocenters. The predicted octanol–water partition coefficient (Wildman–Crippen LogP) is 1.72. The maximum absolute atomic E-state index is 11.5. The van der Waals surface area contributed by atoms with Crippen LogP contribution in [0.25, 0.3) is 0 Å². The summed E-state index contributed by atoms with van der Waals surface area (Å²) in [7, 11) is 0. The predicted molar refractivity (Wildman–Crippen MR) is 88.0 cm³/mol. The Morgan fingerprint density at radius 2 is 2.04 bits per heavy atom. The van der Waals surface area contributed by atoms with Crippen molar-refractivity contribution in [1.82, 2.24) is 4.90 Å². The minimum atomic E-state index is -0.413. The molecular formula is C16H23N3O4. The number of nitroso groups, excluding NO2 is 1. The van der Waals surface area contributed by atoms with Crippen molar-refractivity contribution in [3.63, 3.8) is 0 Å². The summed E-state index contributed by atoms with van der Waals surface area (Å²) in [6.07, 6.45) is 0. The van der Waals surface area contributed by atoms with Crippen molar-refractivity contribution in [3.05, 3.63) is 28.2 Å². The number of carbonyl (C=O) groups is 1. The maximum atomic E-state index is 11.5. The van der Waals surface area contributed by atoms with Crippen molar-refractivity contribution in [2.45, 2.75) is 13.8 Å². The molecule has 1 aliphatic rings. The zero-order valence-corrected chi connectivity index (χ0v) is 13.6. The number of carbonyl (C=O) groups excluding carboxylic acids is 1. The number of hydrogen-bond acceptors (Lipinski definition) is 6. The molecule has 1 fully saturated rings. The minimum Gasteiger partial charge on any atom is -0.492 e. The summed E-state index contributed by atoms with van der Waals surface area (Å²) in [6, 6.07) is 3.75. The second kappa shape index (κ2) is 8.59. The molecule has 0 radical (unpaired) electrons. The van der Waals surface area contributed by atoms with Crippen LogP contribution in [0.1, 0.15) is 11.1 Å². The molecule has 0 aliphatic carbocycles. The molecule has 0 bridgehead atoms. The van der Waals surface area contributed by atoms with E-state index in [1.54, 1.807) is 0 Å². The number of morpholine rings is 1. The first-order valence-corrected chi connectivity index (χ1v) is 7.73. The molecule has 2 rings (SSSR count). The molecule has 7 heteroatoms. The Morgan fingerprint density at radius 1 is 1.30 bits per heavy atom. The van der Waals surface area contributed by atoms with Crippen molar-refractivity contribution < 1.29 is 14.3 Å². The standard InChI is InChI=1S/C16H23N3O4/c1-12-10-15(23-8-5-19-3-6-22-7-4-19)13(2)9-14(12)18-16(20)11-17-21/h9-10H,3-8,11H2,1-2H3,(H,18,20). The highest BCUT2D eigenvalue weighted by atomic mass is 16.5. The molecule has 0 spiro atoms. The Bertz CT molecular complexity index is 557. The molecule has 1 heterocycles. The van der Waals surface area contributed by atoms with E-state index in [4.69, 9.17) is 9.47 Å². The minimum absolute atomic E-state index is 0.379. The van der Waals surface area contributed by atoms with Crippen molar-refractivity contribution in [2.75, 3.05) is 51.3 Å². The SMILES string of the molecule is Cc1cc(OCCN2CCOCC2)c(C)cc1NC(=O)CN=O. The lowest BCUT2D eigenvalue weighted by molar-refractivity contribution is -0.114. The van der Waals surface area contributed by atoms with E-state index < -0.39 is 5.91 Å². The van der Waals surface area contributed by atoms with Gasteiger partial charge in [-0.1, -0.05) is 5.18 Å².